The van der Waals surface area contributed by atoms with Crippen LogP contribution >= 0.6 is 23.5 Å². The predicted octanol–water partition coefficient (Wildman–Crippen LogP) is 4.90. The highest BCUT2D eigenvalue weighted by Gasteiger charge is 2.24. The monoisotopic (exact) mass is 325 g/mol. The van der Waals surface area contributed by atoms with Crippen LogP contribution < -0.4 is 5.32 Å². The molecule has 0 aromatic carbocycles. The molecule has 0 saturated carbocycles. The molecule has 0 aromatic heterocycles. The van der Waals surface area contributed by atoms with Crippen LogP contribution in [0, 0.1) is 0 Å². The van der Waals surface area contributed by atoms with Gasteiger partial charge in [0.2, 0.25) is 5.12 Å². The molecule has 21 heavy (non-hydrogen) atoms. The first-order chi connectivity index (χ1) is 9.69. The summed E-state index contributed by atoms with van der Waals surface area (Å²) in [7, 11) is 1.96. The lowest BCUT2D eigenvalue weighted by Crippen LogP contribution is -2.11. The lowest BCUT2D eigenvalue weighted by molar-refractivity contribution is -0.107. The van der Waals surface area contributed by atoms with Crippen LogP contribution in [0.3, 0.4) is 0 Å². The molecule has 1 rings (SSSR count). The van der Waals surface area contributed by atoms with E-state index in [9.17, 15) is 4.79 Å². The molecule has 0 fully saturated rings. The highest BCUT2D eigenvalue weighted by atomic mass is 32.2. The molecule has 1 heterocycles. The van der Waals surface area contributed by atoms with Crippen molar-refractivity contribution in [3.63, 3.8) is 0 Å². The van der Waals surface area contributed by atoms with Crippen molar-refractivity contribution in [3.05, 3.63) is 33.4 Å². The van der Waals surface area contributed by atoms with E-state index in [0.717, 1.165) is 17.1 Å². The summed E-state index contributed by atoms with van der Waals surface area (Å²) in [5.41, 5.74) is 5.15. The van der Waals surface area contributed by atoms with Crippen molar-refractivity contribution in [1.82, 2.24) is 5.32 Å². The SMILES string of the molecule is CCC(=C(\C)NC)/C(C)=C1/C=C(C(=O)SC(C)(C)C)SC1. The average Bonchev–Trinajstić information content (AvgIpc) is 2.86. The van der Waals surface area contributed by atoms with Gasteiger partial charge in [-0.05, 0) is 43.1 Å². The predicted molar refractivity (Wildman–Crippen MR) is 97.6 cm³/mol. The van der Waals surface area contributed by atoms with Crippen LogP contribution in [0.2, 0.25) is 0 Å². The van der Waals surface area contributed by atoms with Crippen LogP contribution in [0.5, 0.6) is 0 Å². The molecule has 0 spiro atoms. The molecule has 0 aromatic rings. The minimum absolute atomic E-state index is 0.0306. The topological polar surface area (TPSA) is 29.1 Å². The number of nitrogens with one attached hydrogen (secondary N) is 1. The van der Waals surface area contributed by atoms with Gasteiger partial charge in [-0.25, -0.2) is 0 Å². The van der Waals surface area contributed by atoms with Crippen LogP contribution in [0.1, 0.15) is 48.0 Å². The van der Waals surface area contributed by atoms with E-state index in [4.69, 9.17) is 0 Å². The van der Waals surface area contributed by atoms with Gasteiger partial charge in [0.1, 0.15) is 0 Å². The maximum absolute atomic E-state index is 12.3. The number of thioether (sulfide) groups is 2. The third-order valence-corrected chi connectivity index (χ3v) is 5.62. The third kappa shape index (κ3) is 5.26. The molecular formula is C17H27NOS2. The van der Waals surface area contributed by atoms with Gasteiger partial charge in [0.15, 0.2) is 0 Å². The van der Waals surface area contributed by atoms with Crippen LogP contribution in [0.15, 0.2) is 33.4 Å². The summed E-state index contributed by atoms with van der Waals surface area (Å²) < 4.78 is -0.0306. The van der Waals surface area contributed by atoms with Crippen LogP contribution in [-0.2, 0) is 4.79 Å². The van der Waals surface area contributed by atoms with E-state index in [2.05, 4.69) is 52.9 Å². The fraction of sp³-hybridized carbons (Fsp3) is 0.588. The quantitative estimate of drug-likeness (QED) is 0.796. The summed E-state index contributed by atoms with van der Waals surface area (Å²) in [6.07, 6.45) is 3.08. The second kappa shape index (κ2) is 7.59. The lowest BCUT2D eigenvalue weighted by Gasteiger charge is -2.15. The Morgan fingerprint density at radius 3 is 2.48 bits per heavy atom. The number of hydrogen-bond donors (Lipinski definition) is 1. The van der Waals surface area contributed by atoms with Crippen LogP contribution in [0.25, 0.3) is 0 Å². The van der Waals surface area contributed by atoms with E-state index in [1.54, 1.807) is 11.8 Å². The molecule has 1 aliphatic rings. The first-order valence-electron chi connectivity index (χ1n) is 7.35. The van der Waals surface area contributed by atoms with Gasteiger partial charge in [-0.2, -0.15) is 0 Å². The zero-order valence-corrected chi connectivity index (χ0v) is 15.8. The summed E-state index contributed by atoms with van der Waals surface area (Å²) in [6, 6.07) is 0. The molecule has 4 heteroatoms. The minimum atomic E-state index is -0.0306. The maximum Gasteiger partial charge on any atom is 0.226 e. The Labute approximate surface area is 137 Å². The molecule has 1 aliphatic heterocycles. The Morgan fingerprint density at radius 2 is 2.00 bits per heavy atom. The Bertz CT molecular complexity index is 507. The molecule has 1 N–H and O–H groups in total. The van der Waals surface area contributed by atoms with Gasteiger partial charge >= 0.3 is 0 Å². The Hall–Kier alpha value is -0.610. The lowest BCUT2D eigenvalue weighted by atomic mass is 9.98. The van der Waals surface area contributed by atoms with E-state index < -0.39 is 0 Å². The van der Waals surface area contributed by atoms with Gasteiger partial charge in [0, 0.05) is 23.2 Å². The number of hydrogen-bond acceptors (Lipinski definition) is 4. The molecule has 0 bridgehead atoms. The Kier molecular flexibility index (Phi) is 6.67. The fourth-order valence-corrected chi connectivity index (χ4v) is 4.19. The third-order valence-electron chi connectivity index (χ3n) is 3.40. The Balaban J connectivity index is 3.02. The summed E-state index contributed by atoms with van der Waals surface area (Å²) in [6.45, 7) is 12.7. The van der Waals surface area contributed by atoms with Crippen molar-refractivity contribution in [2.45, 2.75) is 52.7 Å². The highest BCUT2D eigenvalue weighted by molar-refractivity contribution is 8.18. The zero-order chi connectivity index (χ0) is 16.2. The second-order valence-electron chi connectivity index (χ2n) is 6.16. The molecule has 0 aliphatic carbocycles. The number of carbonyl (C=O) groups excluding carboxylic acids is 1. The Morgan fingerprint density at radius 1 is 1.38 bits per heavy atom. The zero-order valence-electron chi connectivity index (χ0n) is 14.2. The van der Waals surface area contributed by atoms with E-state index in [-0.39, 0.29) is 9.86 Å². The summed E-state index contributed by atoms with van der Waals surface area (Å²) in [4.78, 5) is 13.2. The van der Waals surface area contributed by atoms with Gasteiger partial charge in [-0.3, -0.25) is 4.79 Å². The van der Waals surface area contributed by atoms with Crippen LogP contribution in [-0.4, -0.2) is 22.7 Å². The smallest absolute Gasteiger partial charge is 0.226 e. The molecule has 0 saturated heterocycles. The fourth-order valence-electron chi connectivity index (χ4n) is 2.22. The molecule has 118 valence electrons. The van der Waals surface area contributed by atoms with Gasteiger partial charge in [0.25, 0.3) is 0 Å². The van der Waals surface area contributed by atoms with Crippen molar-refractivity contribution in [2.24, 2.45) is 0 Å². The van der Waals surface area contributed by atoms with E-state index in [1.807, 2.05) is 7.05 Å². The highest BCUT2D eigenvalue weighted by Crippen LogP contribution is 2.38. The van der Waals surface area contributed by atoms with Crippen molar-refractivity contribution < 1.29 is 4.79 Å². The van der Waals surface area contributed by atoms with Gasteiger partial charge in [-0.1, -0.05) is 39.5 Å². The van der Waals surface area contributed by atoms with E-state index in [1.165, 1.54) is 34.2 Å². The summed E-state index contributed by atoms with van der Waals surface area (Å²) in [5.74, 6) is 0.901. The van der Waals surface area contributed by atoms with E-state index in [0.29, 0.717) is 0 Å². The first-order valence-corrected chi connectivity index (χ1v) is 9.15. The van der Waals surface area contributed by atoms with Crippen molar-refractivity contribution in [3.8, 4) is 0 Å². The van der Waals surface area contributed by atoms with Crippen molar-refractivity contribution in [1.29, 1.82) is 0 Å². The summed E-state index contributed by atoms with van der Waals surface area (Å²) >= 11 is 3.08. The van der Waals surface area contributed by atoms with Gasteiger partial charge < -0.3 is 5.32 Å². The number of rotatable bonds is 4. The first kappa shape index (κ1) is 18.4. The van der Waals surface area contributed by atoms with Gasteiger partial charge in [-0.15, -0.1) is 11.8 Å². The van der Waals surface area contributed by atoms with Crippen molar-refractivity contribution >= 4 is 28.6 Å². The number of allylic oxidation sites excluding steroid dienone is 4. The second-order valence-corrected chi connectivity index (χ2v) is 8.97. The molecule has 0 radical (unpaired) electrons. The molecule has 0 amide bonds. The van der Waals surface area contributed by atoms with Gasteiger partial charge in [0.05, 0.1) is 4.91 Å². The van der Waals surface area contributed by atoms with E-state index >= 15 is 0 Å². The minimum Gasteiger partial charge on any atom is -0.391 e. The van der Waals surface area contributed by atoms with Crippen molar-refractivity contribution in [2.75, 3.05) is 12.8 Å². The largest absolute Gasteiger partial charge is 0.391 e. The molecule has 2 nitrogen and oxygen atoms in total. The normalized spacial score (nSPS) is 19.1. The average molecular weight is 326 g/mol. The standard InChI is InChI=1S/C17H27NOS2/c1-8-14(12(3)18-7)11(2)13-9-15(20-10-13)16(19)21-17(4,5)6/h9,18H,8,10H2,1-7H3/b13-11-,14-12-. The number of carbonyl (C=O) groups is 1. The molecule has 0 atom stereocenters. The molecule has 0 unspecified atom stereocenters. The molecular weight excluding hydrogens is 298 g/mol. The summed E-state index contributed by atoms with van der Waals surface area (Å²) in [5, 5.41) is 3.43. The maximum atomic E-state index is 12.3. The van der Waals surface area contributed by atoms with Crippen LogP contribution in [0.4, 0.5) is 0 Å².